The summed E-state index contributed by atoms with van der Waals surface area (Å²) in [6, 6.07) is 12.4. The summed E-state index contributed by atoms with van der Waals surface area (Å²) in [5.74, 6) is -0.247. The maximum absolute atomic E-state index is 11.0. The van der Waals surface area contributed by atoms with E-state index in [9.17, 15) is 4.79 Å². The highest BCUT2D eigenvalue weighted by Crippen LogP contribution is 2.28. The topological polar surface area (TPSA) is 76.2 Å². The molecule has 1 N–H and O–H groups in total. The summed E-state index contributed by atoms with van der Waals surface area (Å²) in [6.07, 6.45) is 0. The van der Waals surface area contributed by atoms with Gasteiger partial charge in [0.2, 0.25) is 11.8 Å². The third-order valence-corrected chi connectivity index (χ3v) is 3.48. The molecular formula is C17H14N2O3. The van der Waals surface area contributed by atoms with Gasteiger partial charge >= 0.3 is 5.97 Å². The molecule has 0 amide bonds. The van der Waals surface area contributed by atoms with Gasteiger partial charge in [0.1, 0.15) is 0 Å². The second-order valence-corrected chi connectivity index (χ2v) is 5.07. The number of nitrogens with zero attached hydrogens (tertiary/aromatic N) is 2. The van der Waals surface area contributed by atoms with Crippen molar-refractivity contribution in [2.45, 2.75) is 13.8 Å². The average Bonchev–Trinajstić information content (AvgIpc) is 2.97. The van der Waals surface area contributed by atoms with Crippen molar-refractivity contribution >= 4 is 5.97 Å². The van der Waals surface area contributed by atoms with E-state index in [-0.39, 0.29) is 5.56 Å². The molecule has 0 bridgehead atoms. The van der Waals surface area contributed by atoms with Gasteiger partial charge in [-0.15, -0.1) is 10.2 Å². The van der Waals surface area contributed by atoms with Gasteiger partial charge in [-0.3, -0.25) is 0 Å². The molecule has 0 saturated heterocycles. The van der Waals surface area contributed by atoms with Crippen LogP contribution in [-0.4, -0.2) is 21.3 Å². The number of rotatable bonds is 3. The lowest BCUT2D eigenvalue weighted by molar-refractivity contribution is 0.0697. The lowest BCUT2D eigenvalue weighted by Crippen LogP contribution is -1.95. The second-order valence-electron chi connectivity index (χ2n) is 5.07. The predicted octanol–water partition coefficient (Wildman–Crippen LogP) is 3.72. The number of hydrogen-bond acceptors (Lipinski definition) is 4. The lowest BCUT2D eigenvalue weighted by Gasteiger charge is -2.04. The maximum Gasteiger partial charge on any atom is 0.335 e. The third kappa shape index (κ3) is 2.48. The van der Waals surface area contributed by atoms with E-state index >= 15 is 0 Å². The molecule has 0 fully saturated rings. The molecular weight excluding hydrogens is 280 g/mol. The molecule has 0 atom stereocenters. The van der Waals surface area contributed by atoms with Crippen molar-refractivity contribution in [3.05, 3.63) is 59.2 Å². The fourth-order valence-electron chi connectivity index (χ4n) is 2.38. The number of aromatic carboxylic acids is 1. The van der Waals surface area contributed by atoms with Crippen LogP contribution in [0.15, 0.2) is 46.9 Å². The van der Waals surface area contributed by atoms with Crippen molar-refractivity contribution in [1.82, 2.24) is 10.2 Å². The van der Waals surface area contributed by atoms with Crippen molar-refractivity contribution in [3.63, 3.8) is 0 Å². The molecule has 0 saturated carbocycles. The van der Waals surface area contributed by atoms with E-state index < -0.39 is 5.97 Å². The van der Waals surface area contributed by atoms with Crippen molar-refractivity contribution in [2.75, 3.05) is 0 Å². The largest absolute Gasteiger partial charge is 0.478 e. The van der Waals surface area contributed by atoms with Gasteiger partial charge in [-0.1, -0.05) is 24.3 Å². The summed E-state index contributed by atoms with van der Waals surface area (Å²) in [6.45, 7) is 3.97. The molecule has 0 spiro atoms. The van der Waals surface area contributed by atoms with Crippen LogP contribution in [0.5, 0.6) is 0 Å². The molecule has 0 aliphatic heterocycles. The maximum atomic E-state index is 11.0. The van der Waals surface area contributed by atoms with Crippen LogP contribution in [0.2, 0.25) is 0 Å². The minimum absolute atomic E-state index is 0.185. The molecule has 5 nitrogen and oxygen atoms in total. The molecule has 0 unspecified atom stereocenters. The fraction of sp³-hybridized carbons (Fsp3) is 0.118. The smallest absolute Gasteiger partial charge is 0.335 e. The van der Waals surface area contributed by atoms with Crippen LogP contribution >= 0.6 is 0 Å². The van der Waals surface area contributed by atoms with Gasteiger partial charge < -0.3 is 9.52 Å². The highest BCUT2D eigenvalue weighted by molar-refractivity contribution is 5.89. The number of benzene rings is 2. The van der Waals surface area contributed by atoms with E-state index in [1.54, 1.807) is 12.1 Å². The normalized spacial score (nSPS) is 10.6. The third-order valence-electron chi connectivity index (χ3n) is 3.48. The van der Waals surface area contributed by atoms with Crippen molar-refractivity contribution in [2.24, 2.45) is 0 Å². The summed E-state index contributed by atoms with van der Waals surface area (Å²) < 4.78 is 5.74. The van der Waals surface area contributed by atoms with Crippen LogP contribution in [0.4, 0.5) is 0 Å². The van der Waals surface area contributed by atoms with E-state index in [1.807, 2.05) is 32.0 Å². The van der Waals surface area contributed by atoms with Crippen LogP contribution in [0, 0.1) is 13.8 Å². The Labute approximate surface area is 127 Å². The van der Waals surface area contributed by atoms with E-state index in [4.69, 9.17) is 9.52 Å². The Morgan fingerprint density at radius 1 is 1.00 bits per heavy atom. The molecule has 22 heavy (non-hydrogen) atoms. The molecule has 0 aliphatic rings. The van der Waals surface area contributed by atoms with Crippen molar-refractivity contribution < 1.29 is 14.3 Å². The summed E-state index contributed by atoms with van der Waals surface area (Å²) in [7, 11) is 0. The first-order valence-electron chi connectivity index (χ1n) is 6.80. The number of aryl methyl sites for hydroxylation is 2. The predicted molar refractivity (Wildman–Crippen MR) is 81.6 cm³/mol. The summed E-state index contributed by atoms with van der Waals surface area (Å²) >= 11 is 0. The zero-order chi connectivity index (χ0) is 15.7. The van der Waals surface area contributed by atoms with Crippen molar-refractivity contribution in [3.8, 4) is 22.9 Å². The van der Waals surface area contributed by atoms with Crippen LogP contribution in [0.1, 0.15) is 21.5 Å². The Kier molecular flexibility index (Phi) is 3.47. The number of hydrogen-bond donors (Lipinski definition) is 1. The Hall–Kier alpha value is -2.95. The first kappa shape index (κ1) is 14.0. The zero-order valence-electron chi connectivity index (χ0n) is 12.2. The number of carbonyl (C=O) groups is 1. The van der Waals surface area contributed by atoms with Gasteiger partial charge in [0, 0.05) is 11.1 Å². The van der Waals surface area contributed by atoms with Crippen LogP contribution in [0.25, 0.3) is 22.9 Å². The minimum atomic E-state index is -0.990. The minimum Gasteiger partial charge on any atom is -0.478 e. The molecule has 1 heterocycles. The summed E-state index contributed by atoms with van der Waals surface area (Å²) in [4.78, 5) is 11.0. The molecule has 0 radical (unpaired) electrons. The van der Waals surface area contributed by atoms with E-state index in [1.165, 1.54) is 12.1 Å². The van der Waals surface area contributed by atoms with E-state index in [2.05, 4.69) is 10.2 Å². The van der Waals surface area contributed by atoms with Crippen LogP contribution in [-0.2, 0) is 0 Å². The molecule has 5 heteroatoms. The van der Waals surface area contributed by atoms with Gasteiger partial charge in [0.15, 0.2) is 0 Å². The second kappa shape index (κ2) is 5.44. The standard InChI is InChI=1S/C17H14N2O3/c1-10-5-3-6-11(2)14(10)16-19-18-15(22-16)12-7-4-8-13(9-12)17(20)21/h3-9H,1-2H3,(H,20,21). The van der Waals surface area contributed by atoms with Crippen molar-refractivity contribution in [1.29, 1.82) is 0 Å². The average molecular weight is 294 g/mol. The van der Waals surface area contributed by atoms with Gasteiger partial charge in [0.25, 0.3) is 0 Å². The van der Waals surface area contributed by atoms with Crippen LogP contribution in [0.3, 0.4) is 0 Å². The van der Waals surface area contributed by atoms with Gasteiger partial charge in [-0.05, 0) is 43.2 Å². The SMILES string of the molecule is Cc1cccc(C)c1-c1nnc(-c2cccc(C(=O)O)c2)o1. The molecule has 2 aromatic carbocycles. The highest BCUT2D eigenvalue weighted by Gasteiger charge is 2.15. The number of aromatic nitrogens is 2. The first-order valence-corrected chi connectivity index (χ1v) is 6.80. The Morgan fingerprint density at radius 2 is 1.64 bits per heavy atom. The summed E-state index contributed by atoms with van der Waals surface area (Å²) in [5, 5.41) is 17.2. The van der Waals surface area contributed by atoms with Gasteiger partial charge in [-0.2, -0.15) is 0 Å². The first-order chi connectivity index (χ1) is 10.6. The highest BCUT2D eigenvalue weighted by atomic mass is 16.4. The monoisotopic (exact) mass is 294 g/mol. The van der Waals surface area contributed by atoms with Gasteiger partial charge in [0.05, 0.1) is 5.56 Å². The number of carboxylic acids is 1. The van der Waals surface area contributed by atoms with E-state index in [0.717, 1.165) is 16.7 Å². The van der Waals surface area contributed by atoms with Gasteiger partial charge in [-0.25, -0.2) is 4.79 Å². The molecule has 110 valence electrons. The summed E-state index contributed by atoms with van der Waals surface area (Å²) in [5.41, 5.74) is 3.79. The quantitative estimate of drug-likeness (QED) is 0.796. The fourth-order valence-corrected chi connectivity index (χ4v) is 2.38. The van der Waals surface area contributed by atoms with Crippen LogP contribution < -0.4 is 0 Å². The zero-order valence-corrected chi connectivity index (χ0v) is 12.2. The molecule has 3 aromatic rings. The Morgan fingerprint density at radius 3 is 2.32 bits per heavy atom. The Bertz CT molecular complexity index is 832. The Balaban J connectivity index is 2.05. The number of carboxylic acid groups (broad SMARTS) is 1. The molecule has 0 aliphatic carbocycles. The molecule has 1 aromatic heterocycles. The molecule has 3 rings (SSSR count). The lowest BCUT2D eigenvalue weighted by atomic mass is 10.0. The van der Waals surface area contributed by atoms with E-state index in [0.29, 0.717) is 17.3 Å².